The highest BCUT2D eigenvalue weighted by Gasteiger charge is 2.20. The highest BCUT2D eigenvalue weighted by atomic mass is 32.2. The summed E-state index contributed by atoms with van der Waals surface area (Å²) in [5.41, 5.74) is 8.24. The average Bonchev–Trinajstić information content (AvgIpc) is 3.15. The SMILES string of the molecule is CCC(=O)c1ccc(OCC(O)CSc2nc(N)c3c4c(sc3n2)CCCC4)cc1. The van der Waals surface area contributed by atoms with Crippen molar-refractivity contribution >= 4 is 44.9 Å². The van der Waals surface area contributed by atoms with Crippen LogP contribution in [0.4, 0.5) is 5.82 Å². The number of fused-ring (bicyclic) bond motifs is 3. The van der Waals surface area contributed by atoms with Crippen LogP contribution < -0.4 is 10.5 Å². The molecule has 1 unspecified atom stereocenters. The number of anilines is 1. The molecule has 0 spiro atoms. The number of hydrogen-bond acceptors (Lipinski definition) is 8. The third kappa shape index (κ3) is 4.61. The Hall–Kier alpha value is -2.16. The van der Waals surface area contributed by atoms with Crippen molar-refractivity contribution in [3.8, 4) is 5.75 Å². The van der Waals surface area contributed by atoms with Gasteiger partial charge in [-0.15, -0.1) is 11.3 Å². The molecule has 0 saturated heterocycles. The number of nitrogen functional groups attached to an aromatic ring is 1. The number of Topliss-reactive ketones (excluding diaryl/α,β-unsaturated/α-hetero) is 1. The molecule has 3 N–H and O–H groups in total. The minimum absolute atomic E-state index is 0.0980. The number of rotatable bonds is 8. The number of aliphatic hydroxyl groups is 1. The first-order valence-electron chi connectivity index (χ1n) is 10.2. The van der Waals surface area contributed by atoms with Gasteiger partial charge in [-0.1, -0.05) is 18.7 Å². The highest BCUT2D eigenvalue weighted by Crippen LogP contribution is 2.38. The van der Waals surface area contributed by atoms with E-state index >= 15 is 0 Å². The number of ether oxygens (including phenoxy) is 1. The Morgan fingerprint density at radius 1 is 1.27 bits per heavy atom. The Morgan fingerprint density at radius 3 is 2.80 bits per heavy atom. The Labute approximate surface area is 183 Å². The number of benzene rings is 1. The number of ketones is 1. The van der Waals surface area contributed by atoms with Crippen molar-refractivity contribution in [1.82, 2.24) is 9.97 Å². The summed E-state index contributed by atoms with van der Waals surface area (Å²) in [5.74, 6) is 1.66. The number of nitrogens with zero attached hydrogens (tertiary/aromatic N) is 2. The van der Waals surface area contributed by atoms with Gasteiger partial charge in [0.05, 0.1) is 11.5 Å². The van der Waals surface area contributed by atoms with E-state index in [1.54, 1.807) is 35.6 Å². The summed E-state index contributed by atoms with van der Waals surface area (Å²) in [6.07, 6.45) is 4.37. The summed E-state index contributed by atoms with van der Waals surface area (Å²) in [6.45, 7) is 1.99. The van der Waals surface area contributed by atoms with E-state index in [-0.39, 0.29) is 12.4 Å². The van der Waals surface area contributed by atoms with E-state index in [2.05, 4.69) is 9.97 Å². The second-order valence-corrected chi connectivity index (χ2v) is 9.43. The van der Waals surface area contributed by atoms with Crippen molar-refractivity contribution in [2.24, 2.45) is 0 Å². The second-order valence-electron chi connectivity index (χ2n) is 7.36. The maximum atomic E-state index is 11.7. The van der Waals surface area contributed by atoms with Gasteiger partial charge in [-0.25, -0.2) is 9.97 Å². The van der Waals surface area contributed by atoms with Gasteiger partial charge in [0.1, 0.15) is 23.0 Å². The molecule has 0 saturated carbocycles. The molecule has 4 rings (SSSR count). The monoisotopic (exact) mass is 443 g/mol. The van der Waals surface area contributed by atoms with Crippen LogP contribution in [0.1, 0.15) is 47.0 Å². The lowest BCUT2D eigenvalue weighted by Gasteiger charge is -2.12. The predicted octanol–water partition coefficient (Wildman–Crippen LogP) is 4.28. The average molecular weight is 444 g/mol. The minimum atomic E-state index is -0.677. The number of thioether (sulfide) groups is 1. The molecule has 158 valence electrons. The van der Waals surface area contributed by atoms with Crippen molar-refractivity contribution in [2.75, 3.05) is 18.1 Å². The van der Waals surface area contributed by atoms with Gasteiger partial charge in [0, 0.05) is 22.6 Å². The summed E-state index contributed by atoms with van der Waals surface area (Å²) < 4.78 is 5.64. The molecule has 30 heavy (non-hydrogen) atoms. The van der Waals surface area contributed by atoms with Crippen molar-refractivity contribution in [3.63, 3.8) is 0 Å². The number of aryl methyl sites for hydroxylation is 2. The third-order valence-corrected chi connectivity index (χ3v) is 7.34. The summed E-state index contributed by atoms with van der Waals surface area (Å²) in [5, 5.41) is 11.9. The van der Waals surface area contributed by atoms with Crippen LogP contribution in [0.3, 0.4) is 0 Å². The van der Waals surface area contributed by atoms with E-state index in [4.69, 9.17) is 10.5 Å². The summed E-state index contributed by atoms with van der Waals surface area (Å²) in [4.78, 5) is 23.1. The van der Waals surface area contributed by atoms with Crippen LogP contribution in [0, 0.1) is 0 Å². The molecule has 1 aliphatic carbocycles. The lowest BCUT2D eigenvalue weighted by molar-refractivity contribution is 0.0987. The molecular formula is C22H25N3O3S2. The van der Waals surface area contributed by atoms with Crippen molar-refractivity contribution in [3.05, 3.63) is 40.3 Å². The maximum Gasteiger partial charge on any atom is 0.190 e. The second kappa shape index (κ2) is 9.32. The number of nitrogens with two attached hydrogens (primary N) is 1. The molecule has 2 aromatic heterocycles. The molecule has 1 aliphatic rings. The first-order chi connectivity index (χ1) is 14.5. The minimum Gasteiger partial charge on any atom is -0.491 e. The lowest BCUT2D eigenvalue weighted by Crippen LogP contribution is -2.20. The van der Waals surface area contributed by atoms with Gasteiger partial charge in [-0.3, -0.25) is 4.79 Å². The molecular weight excluding hydrogens is 418 g/mol. The van der Waals surface area contributed by atoms with Gasteiger partial charge in [-0.05, 0) is 55.5 Å². The van der Waals surface area contributed by atoms with Crippen LogP contribution in [-0.2, 0) is 12.8 Å². The van der Waals surface area contributed by atoms with Gasteiger partial charge in [-0.2, -0.15) is 0 Å². The summed E-state index contributed by atoms with van der Waals surface area (Å²) in [6, 6.07) is 6.99. The van der Waals surface area contributed by atoms with Crippen molar-refractivity contribution in [1.29, 1.82) is 0 Å². The number of hydrogen-bond donors (Lipinski definition) is 2. The van der Waals surface area contributed by atoms with Gasteiger partial charge in [0.15, 0.2) is 10.9 Å². The molecule has 0 radical (unpaired) electrons. The zero-order valence-electron chi connectivity index (χ0n) is 16.9. The smallest absolute Gasteiger partial charge is 0.190 e. The summed E-state index contributed by atoms with van der Waals surface area (Å²) in [7, 11) is 0. The maximum absolute atomic E-state index is 11.7. The zero-order chi connectivity index (χ0) is 21.1. The highest BCUT2D eigenvalue weighted by molar-refractivity contribution is 7.99. The number of thiophene rings is 1. The molecule has 2 heterocycles. The van der Waals surface area contributed by atoms with E-state index in [1.165, 1.54) is 35.0 Å². The topological polar surface area (TPSA) is 98.3 Å². The molecule has 3 aromatic rings. The largest absolute Gasteiger partial charge is 0.491 e. The van der Waals surface area contributed by atoms with Crippen LogP contribution in [0.5, 0.6) is 5.75 Å². The fraction of sp³-hybridized carbons (Fsp3) is 0.409. The quantitative estimate of drug-likeness (QED) is 0.305. The van der Waals surface area contributed by atoms with E-state index in [0.29, 0.717) is 34.5 Å². The van der Waals surface area contributed by atoms with Crippen LogP contribution in [0.25, 0.3) is 10.2 Å². The molecule has 0 bridgehead atoms. The first-order valence-corrected chi connectivity index (χ1v) is 12.0. The van der Waals surface area contributed by atoms with E-state index in [1.807, 2.05) is 6.92 Å². The van der Waals surface area contributed by atoms with Crippen molar-refractivity contribution in [2.45, 2.75) is 50.3 Å². The number of aromatic nitrogens is 2. The van der Waals surface area contributed by atoms with Gasteiger partial charge in [0.25, 0.3) is 0 Å². The first kappa shape index (κ1) is 21.1. The van der Waals surface area contributed by atoms with Crippen molar-refractivity contribution < 1.29 is 14.6 Å². The predicted molar refractivity (Wildman–Crippen MR) is 122 cm³/mol. The van der Waals surface area contributed by atoms with Crippen LogP contribution in [-0.4, -0.2) is 39.3 Å². The van der Waals surface area contributed by atoms with E-state index in [9.17, 15) is 9.90 Å². The van der Waals surface area contributed by atoms with Gasteiger partial charge < -0.3 is 15.6 Å². The molecule has 0 fully saturated rings. The van der Waals surface area contributed by atoms with E-state index in [0.717, 1.165) is 23.1 Å². The standard InChI is InChI=1S/C22H25N3O3S2/c1-2-17(27)13-7-9-15(10-8-13)28-11-14(26)12-29-22-24-20(23)19-16-5-3-4-6-18(16)30-21(19)25-22/h7-10,14,26H,2-6,11-12H2,1H3,(H2,23,24,25). The Morgan fingerprint density at radius 2 is 2.03 bits per heavy atom. The van der Waals surface area contributed by atoms with Gasteiger partial charge >= 0.3 is 0 Å². The molecule has 6 nitrogen and oxygen atoms in total. The fourth-order valence-corrected chi connectivity index (χ4v) is 5.67. The van der Waals surface area contributed by atoms with Crippen LogP contribution >= 0.6 is 23.1 Å². The lowest BCUT2D eigenvalue weighted by atomic mass is 9.97. The molecule has 0 aliphatic heterocycles. The molecule has 1 atom stereocenters. The number of carbonyl (C=O) groups excluding carboxylic acids is 1. The Balaban J connectivity index is 1.34. The number of aliphatic hydroxyl groups excluding tert-OH is 1. The number of carbonyl (C=O) groups is 1. The fourth-order valence-electron chi connectivity index (χ4n) is 3.58. The van der Waals surface area contributed by atoms with E-state index < -0.39 is 6.10 Å². The third-order valence-electron chi connectivity index (χ3n) is 5.17. The molecule has 1 aromatic carbocycles. The van der Waals surface area contributed by atoms with Crippen LogP contribution in [0.15, 0.2) is 29.4 Å². The Bertz CT molecular complexity index is 1050. The molecule has 8 heteroatoms. The zero-order valence-corrected chi connectivity index (χ0v) is 18.5. The van der Waals surface area contributed by atoms with Gasteiger partial charge in [0.2, 0.25) is 0 Å². The normalized spacial score (nSPS) is 14.5. The Kier molecular flexibility index (Phi) is 6.55. The molecule has 0 amide bonds. The van der Waals surface area contributed by atoms with Crippen LogP contribution in [0.2, 0.25) is 0 Å². The summed E-state index contributed by atoms with van der Waals surface area (Å²) >= 11 is 3.10.